The summed E-state index contributed by atoms with van der Waals surface area (Å²) < 4.78 is 28.6. The Morgan fingerprint density at radius 2 is 2.04 bits per heavy atom. The van der Waals surface area contributed by atoms with Crippen LogP contribution in [0.3, 0.4) is 0 Å². The SMILES string of the molecule is O=C1CS[C@H](c2ccc[nH]c2=O)c2cnn(-c3ccc(F)cc3F)c2N1. The average Bonchev–Trinajstić information content (AvgIpc) is 2.92. The molecule has 2 aromatic heterocycles. The summed E-state index contributed by atoms with van der Waals surface area (Å²) in [5.74, 6) is -1.43. The fourth-order valence-corrected chi connectivity index (χ4v) is 3.94. The molecule has 132 valence electrons. The van der Waals surface area contributed by atoms with Gasteiger partial charge in [-0.2, -0.15) is 5.10 Å². The second kappa shape index (κ2) is 6.41. The van der Waals surface area contributed by atoms with Gasteiger partial charge in [-0.1, -0.05) is 6.07 Å². The van der Waals surface area contributed by atoms with Crippen LogP contribution in [0, 0.1) is 11.6 Å². The average molecular weight is 374 g/mol. The van der Waals surface area contributed by atoms with Gasteiger partial charge < -0.3 is 10.3 Å². The van der Waals surface area contributed by atoms with Crippen molar-refractivity contribution in [2.45, 2.75) is 5.25 Å². The minimum atomic E-state index is -0.809. The van der Waals surface area contributed by atoms with E-state index in [1.54, 1.807) is 12.1 Å². The van der Waals surface area contributed by atoms with Crippen LogP contribution in [0.25, 0.3) is 5.69 Å². The Bertz CT molecular complexity index is 1060. The van der Waals surface area contributed by atoms with Crippen LogP contribution in [0.2, 0.25) is 0 Å². The molecule has 1 aliphatic heterocycles. The van der Waals surface area contributed by atoms with E-state index in [0.717, 1.165) is 12.1 Å². The first-order chi connectivity index (χ1) is 12.5. The number of fused-ring (bicyclic) bond motifs is 1. The lowest BCUT2D eigenvalue weighted by Gasteiger charge is -2.13. The number of nitrogens with zero attached hydrogens (tertiary/aromatic N) is 2. The topological polar surface area (TPSA) is 79.8 Å². The van der Waals surface area contributed by atoms with E-state index in [-0.39, 0.29) is 28.7 Å². The normalized spacial score (nSPS) is 16.7. The Morgan fingerprint density at radius 1 is 1.19 bits per heavy atom. The lowest BCUT2D eigenvalue weighted by atomic mass is 10.1. The first kappa shape index (κ1) is 16.5. The van der Waals surface area contributed by atoms with Gasteiger partial charge in [-0.05, 0) is 18.2 Å². The summed E-state index contributed by atoms with van der Waals surface area (Å²) in [6, 6.07) is 6.47. The monoisotopic (exact) mass is 374 g/mol. The van der Waals surface area contributed by atoms with E-state index < -0.39 is 16.9 Å². The first-order valence-corrected chi connectivity index (χ1v) is 8.72. The smallest absolute Gasteiger partial charge is 0.252 e. The number of thioether (sulfide) groups is 1. The fourth-order valence-electron chi connectivity index (χ4n) is 2.83. The van der Waals surface area contributed by atoms with E-state index in [1.807, 2.05) is 0 Å². The van der Waals surface area contributed by atoms with Crippen LogP contribution in [0.15, 0.2) is 47.5 Å². The number of anilines is 1. The molecule has 1 aromatic carbocycles. The molecule has 0 bridgehead atoms. The van der Waals surface area contributed by atoms with E-state index >= 15 is 0 Å². The highest BCUT2D eigenvalue weighted by Gasteiger charge is 2.30. The van der Waals surface area contributed by atoms with Crippen LogP contribution in [0.1, 0.15) is 16.4 Å². The number of hydrogen-bond acceptors (Lipinski definition) is 4. The molecule has 0 spiro atoms. The van der Waals surface area contributed by atoms with Crippen molar-refractivity contribution in [3.8, 4) is 5.69 Å². The standard InChI is InChI=1S/C17H12F2N4O2S/c18-9-3-4-13(12(19)6-9)23-16-11(7-21-23)15(26-8-14(24)22-16)10-2-1-5-20-17(10)25/h1-7,15H,8H2,(H,20,25)(H,22,24)/t15-/m1/s1. The third-order valence-corrected chi connectivity index (χ3v) is 5.26. The Hall–Kier alpha value is -2.94. The first-order valence-electron chi connectivity index (χ1n) is 7.67. The van der Waals surface area contributed by atoms with Crippen LogP contribution in [-0.4, -0.2) is 26.4 Å². The quantitative estimate of drug-likeness (QED) is 0.723. The van der Waals surface area contributed by atoms with Gasteiger partial charge in [0.15, 0.2) is 5.82 Å². The summed E-state index contributed by atoms with van der Waals surface area (Å²) in [6.45, 7) is 0. The van der Waals surface area contributed by atoms with E-state index in [2.05, 4.69) is 15.4 Å². The van der Waals surface area contributed by atoms with Gasteiger partial charge in [0, 0.05) is 23.4 Å². The fraction of sp³-hybridized carbons (Fsp3) is 0.118. The number of carbonyl (C=O) groups is 1. The molecule has 26 heavy (non-hydrogen) atoms. The number of rotatable bonds is 2. The van der Waals surface area contributed by atoms with Crippen molar-refractivity contribution in [2.75, 3.05) is 11.1 Å². The summed E-state index contributed by atoms with van der Waals surface area (Å²) in [7, 11) is 0. The number of carbonyl (C=O) groups excluding carboxylic acids is 1. The van der Waals surface area contributed by atoms with E-state index in [1.165, 1.54) is 34.9 Å². The van der Waals surface area contributed by atoms with Gasteiger partial charge in [-0.3, -0.25) is 9.59 Å². The molecule has 2 N–H and O–H groups in total. The number of H-pyrrole nitrogens is 1. The molecule has 1 amide bonds. The van der Waals surface area contributed by atoms with E-state index in [0.29, 0.717) is 11.1 Å². The largest absolute Gasteiger partial charge is 0.329 e. The predicted molar refractivity (Wildman–Crippen MR) is 93.5 cm³/mol. The molecule has 0 fully saturated rings. The van der Waals surface area contributed by atoms with Gasteiger partial charge in [-0.25, -0.2) is 13.5 Å². The highest BCUT2D eigenvalue weighted by atomic mass is 32.2. The zero-order valence-corrected chi connectivity index (χ0v) is 14.0. The van der Waals surface area contributed by atoms with Gasteiger partial charge in [0.25, 0.3) is 5.56 Å². The molecule has 0 unspecified atom stereocenters. The lowest BCUT2D eigenvalue weighted by molar-refractivity contribution is -0.113. The number of pyridine rings is 1. The molecule has 0 saturated carbocycles. The summed E-state index contributed by atoms with van der Waals surface area (Å²) in [5.41, 5.74) is 0.766. The van der Waals surface area contributed by atoms with Crippen molar-refractivity contribution in [3.05, 3.63) is 75.8 Å². The third kappa shape index (κ3) is 2.80. The summed E-state index contributed by atoms with van der Waals surface area (Å²) in [4.78, 5) is 26.9. The highest BCUT2D eigenvalue weighted by molar-refractivity contribution is 8.00. The molecular weight excluding hydrogens is 362 g/mol. The molecule has 3 aromatic rings. The number of benzene rings is 1. The number of hydrogen-bond donors (Lipinski definition) is 2. The Morgan fingerprint density at radius 3 is 2.81 bits per heavy atom. The number of aromatic amines is 1. The van der Waals surface area contributed by atoms with Gasteiger partial charge >= 0.3 is 0 Å². The van der Waals surface area contributed by atoms with Crippen LogP contribution in [-0.2, 0) is 4.79 Å². The second-order valence-corrected chi connectivity index (χ2v) is 6.74. The molecule has 1 atom stereocenters. The predicted octanol–water partition coefficient (Wildman–Crippen LogP) is 2.61. The van der Waals surface area contributed by atoms with Crippen molar-refractivity contribution in [1.29, 1.82) is 0 Å². The Labute approximate surface area is 150 Å². The van der Waals surface area contributed by atoms with Gasteiger partial charge in [-0.15, -0.1) is 11.8 Å². The van der Waals surface area contributed by atoms with Crippen molar-refractivity contribution in [1.82, 2.24) is 14.8 Å². The zero-order chi connectivity index (χ0) is 18.3. The van der Waals surface area contributed by atoms with Crippen molar-refractivity contribution < 1.29 is 13.6 Å². The molecule has 3 heterocycles. The highest BCUT2D eigenvalue weighted by Crippen LogP contribution is 2.40. The summed E-state index contributed by atoms with van der Waals surface area (Å²) >= 11 is 1.28. The third-order valence-electron chi connectivity index (χ3n) is 3.99. The zero-order valence-electron chi connectivity index (χ0n) is 13.2. The van der Waals surface area contributed by atoms with E-state index in [4.69, 9.17) is 0 Å². The summed E-state index contributed by atoms with van der Waals surface area (Å²) in [6.07, 6.45) is 3.00. The van der Waals surface area contributed by atoms with Crippen molar-refractivity contribution in [3.63, 3.8) is 0 Å². The minimum absolute atomic E-state index is 0.000529. The maximum Gasteiger partial charge on any atom is 0.252 e. The molecule has 0 aliphatic carbocycles. The Balaban J connectivity index is 1.89. The molecule has 0 radical (unpaired) electrons. The van der Waals surface area contributed by atoms with Gasteiger partial charge in [0.05, 0.1) is 17.2 Å². The van der Waals surface area contributed by atoms with Crippen LogP contribution < -0.4 is 10.9 Å². The van der Waals surface area contributed by atoms with Gasteiger partial charge in [0.1, 0.15) is 17.3 Å². The second-order valence-electron chi connectivity index (χ2n) is 5.65. The maximum atomic E-state index is 14.2. The molecule has 0 saturated heterocycles. The number of amides is 1. The van der Waals surface area contributed by atoms with Crippen molar-refractivity contribution in [2.24, 2.45) is 0 Å². The molecule has 4 rings (SSSR count). The van der Waals surface area contributed by atoms with Crippen LogP contribution in [0.4, 0.5) is 14.6 Å². The Kier molecular flexibility index (Phi) is 4.08. The summed E-state index contributed by atoms with van der Waals surface area (Å²) in [5, 5.41) is 6.40. The number of halogens is 2. The lowest BCUT2D eigenvalue weighted by Crippen LogP contribution is -2.16. The van der Waals surface area contributed by atoms with Crippen LogP contribution >= 0.6 is 11.8 Å². The molecule has 1 aliphatic rings. The number of nitrogens with one attached hydrogen (secondary N) is 2. The van der Waals surface area contributed by atoms with Crippen LogP contribution in [0.5, 0.6) is 0 Å². The van der Waals surface area contributed by atoms with Crippen molar-refractivity contribution >= 4 is 23.5 Å². The number of aromatic nitrogens is 3. The minimum Gasteiger partial charge on any atom is -0.329 e. The van der Waals surface area contributed by atoms with E-state index in [9.17, 15) is 18.4 Å². The molecule has 6 nitrogen and oxygen atoms in total. The van der Waals surface area contributed by atoms with Gasteiger partial charge in [0.2, 0.25) is 5.91 Å². The molecule has 9 heteroatoms. The molecular formula is C17H12F2N4O2S. The maximum absolute atomic E-state index is 14.2.